The third kappa shape index (κ3) is 3.40. The van der Waals surface area contributed by atoms with E-state index in [0.29, 0.717) is 16.3 Å². The number of ether oxygens (including phenoxy) is 1. The third-order valence-electron chi connectivity index (χ3n) is 4.16. The van der Waals surface area contributed by atoms with Gasteiger partial charge < -0.3 is 10.1 Å². The monoisotopic (exact) mass is 386 g/mol. The molecule has 2 heterocycles. The number of esters is 1. The van der Waals surface area contributed by atoms with Crippen LogP contribution in [0.5, 0.6) is 0 Å². The fourth-order valence-electron chi connectivity index (χ4n) is 2.67. The van der Waals surface area contributed by atoms with Gasteiger partial charge >= 0.3 is 5.97 Å². The van der Waals surface area contributed by atoms with Crippen molar-refractivity contribution in [1.29, 1.82) is 0 Å². The average Bonchev–Trinajstić information content (AvgIpc) is 3.25. The molecule has 0 aliphatic heterocycles. The number of methoxy groups -OCH3 is 1. The number of nitrogens with zero attached hydrogens (tertiary/aromatic N) is 1. The molecule has 0 saturated heterocycles. The molecule has 1 aromatic carbocycles. The molecule has 0 radical (unpaired) electrons. The van der Waals surface area contributed by atoms with E-state index in [9.17, 15) is 9.59 Å². The number of thiophene rings is 1. The minimum Gasteiger partial charge on any atom is -0.465 e. The highest BCUT2D eigenvalue weighted by Crippen LogP contribution is 2.41. The number of anilines is 1. The van der Waals surface area contributed by atoms with Crippen LogP contribution in [0.25, 0.3) is 11.1 Å². The van der Waals surface area contributed by atoms with Crippen molar-refractivity contribution in [2.75, 3.05) is 12.4 Å². The minimum atomic E-state index is -0.476. The van der Waals surface area contributed by atoms with Gasteiger partial charge in [-0.15, -0.1) is 22.7 Å². The predicted molar refractivity (Wildman–Crippen MR) is 105 cm³/mol. The fourth-order valence-corrected chi connectivity index (χ4v) is 4.26. The van der Waals surface area contributed by atoms with Gasteiger partial charge in [0, 0.05) is 15.8 Å². The Morgan fingerprint density at radius 1 is 1.15 bits per heavy atom. The van der Waals surface area contributed by atoms with Crippen LogP contribution in [0.4, 0.5) is 5.00 Å². The molecule has 0 bridgehead atoms. The summed E-state index contributed by atoms with van der Waals surface area (Å²) in [5.41, 5.74) is 6.33. The lowest BCUT2D eigenvalue weighted by Crippen LogP contribution is -2.14. The van der Waals surface area contributed by atoms with Crippen LogP contribution in [0.15, 0.2) is 29.1 Å². The molecule has 1 N–H and O–H groups in total. The molecule has 2 aromatic heterocycles. The lowest BCUT2D eigenvalue weighted by atomic mass is 9.97. The zero-order valence-corrected chi connectivity index (χ0v) is 16.5. The Morgan fingerprint density at radius 2 is 1.92 bits per heavy atom. The lowest BCUT2D eigenvalue weighted by molar-refractivity contribution is 0.0603. The van der Waals surface area contributed by atoms with Crippen molar-refractivity contribution >= 4 is 39.6 Å². The van der Waals surface area contributed by atoms with Crippen molar-refractivity contribution in [2.24, 2.45) is 0 Å². The van der Waals surface area contributed by atoms with E-state index in [1.165, 1.54) is 35.3 Å². The molecule has 1 amide bonds. The van der Waals surface area contributed by atoms with Crippen LogP contribution in [0.3, 0.4) is 0 Å². The zero-order chi connectivity index (χ0) is 18.8. The predicted octanol–water partition coefficient (Wildman–Crippen LogP) is 4.84. The quantitative estimate of drug-likeness (QED) is 0.652. The zero-order valence-electron chi connectivity index (χ0n) is 14.9. The van der Waals surface area contributed by atoms with Crippen molar-refractivity contribution in [3.63, 3.8) is 0 Å². The van der Waals surface area contributed by atoms with Gasteiger partial charge in [0.2, 0.25) is 0 Å². The van der Waals surface area contributed by atoms with E-state index in [-0.39, 0.29) is 5.91 Å². The number of hydrogen-bond donors (Lipinski definition) is 1. The van der Waals surface area contributed by atoms with Crippen LogP contribution < -0.4 is 5.32 Å². The largest absolute Gasteiger partial charge is 0.465 e. The summed E-state index contributed by atoms with van der Waals surface area (Å²) in [5, 5.41) is 4.95. The van der Waals surface area contributed by atoms with Gasteiger partial charge in [-0.3, -0.25) is 4.79 Å². The normalized spacial score (nSPS) is 10.6. The van der Waals surface area contributed by atoms with Crippen LogP contribution in [0.2, 0.25) is 0 Å². The maximum Gasteiger partial charge on any atom is 0.341 e. The average molecular weight is 386 g/mol. The van der Waals surface area contributed by atoms with Gasteiger partial charge in [-0.25, -0.2) is 9.78 Å². The number of carbonyl (C=O) groups excluding carboxylic acids is 2. The third-order valence-corrected chi connectivity index (χ3v) is 5.77. The first kappa shape index (κ1) is 18.3. The maximum atomic E-state index is 12.5. The fraction of sp³-hybridized carbons (Fsp3) is 0.211. The van der Waals surface area contributed by atoms with Gasteiger partial charge in [0.1, 0.15) is 16.3 Å². The van der Waals surface area contributed by atoms with Crippen LogP contribution >= 0.6 is 22.7 Å². The molecule has 3 rings (SSSR count). The van der Waals surface area contributed by atoms with Crippen LogP contribution in [-0.4, -0.2) is 24.0 Å². The number of nitrogens with one attached hydrogen (secondary N) is 1. The highest BCUT2D eigenvalue weighted by atomic mass is 32.1. The van der Waals surface area contributed by atoms with Crippen molar-refractivity contribution in [1.82, 2.24) is 4.98 Å². The Labute approximate surface area is 159 Å². The number of aromatic nitrogens is 1. The first-order valence-electron chi connectivity index (χ1n) is 7.91. The Hall–Kier alpha value is -2.51. The molecule has 0 fully saturated rings. The van der Waals surface area contributed by atoms with E-state index in [1.807, 2.05) is 39.0 Å². The smallest absolute Gasteiger partial charge is 0.341 e. The van der Waals surface area contributed by atoms with E-state index >= 15 is 0 Å². The highest BCUT2D eigenvalue weighted by molar-refractivity contribution is 7.17. The number of hydrogen-bond acceptors (Lipinski definition) is 6. The molecule has 0 unspecified atom stereocenters. The van der Waals surface area contributed by atoms with Crippen LogP contribution in [0, 0.1) is 20.8 Å². The number of aryl methyl sites for hydroxylation is 3. The molecule has 26 heavy (non-hydrogen) atoms. The second-order valence-corrected chi connectivity index (χ2v) is 7.80. The Kier molecular flexibility index (Phi) is 5.20. The van der Waals surface area contributed by atoms with Gasteiger partial charge in [0.05, 0.1) is 12.6 Å². The maximum absolute atomic E-state index is 12.5. The second-order valence-electron chi connectivity index (χ2n) is 5.86. The van der Waals surface area contributed by atoms with Crippen LogP contribution in [-0.2, 0) is 4.74 Å². The van der Waals surface area contributed by atoms with E-state index in [2.05, 4.69) is 10.3 Å². The van der Waals surface area contributed by atoms with E-state index in [0.717, 1.165) is 21.6 Å². The van der Waals surface area contributed by atoms with Crippen LogP contribution in [0.1, 0.15) is 36.9 Å². The molecule has 7 heteroatoms. The van der Waals surface area contributed by atoms with Crippen molar-refractivity contribution in [3.05, 3.63) is 56.4 Å². The molecule has 0 aliphatic rings. The van der Waals surface area contributed by atoms with Gasteiger partial charge in [0.25, 0.3) is 5.91 Å². The molecule has 0 saturated carbocycles. The number of amides is 1. The molecular formula is C19H18N2O3S2. The molecule has 0 spiro atoms. The number of rotatable bonds is 4. The van der Waals surface area contributed by atoms with Gasteiger partial charge in [-0.05, 0) is 37.5 Å². The number of benzene rings is 1. The molecule has 5 nitrogen and oxygen atoms in total. The summed E-state index contributed by atoms with van der Waals surface area (Å²) < 4.78 is 4.98. The topological polar surface area (TPSA) is 68.3 Å². The Balaban J connectivity index is 2.10. The Bertz CT molecular complexity index is 975. The lowest BCUT2D eigenvalue weighted by Gasteiger charge is -2.09. The molecule has 3 aromatic rings. The summed E-state index contributed by atoms with van der Waals surface area (Å²) in [6, 6.07) is 6.05. The molecule has 0 atom stereocenters. The van der Waals surface area contributed by atoms with Crippen molar-refractivity contribution < 1.29 is 14.3 Å². The standard InChI is InChI=1S/C19H18N2O3S2/c1-10-5-6-13(7-11(10)2)15-12(3)26-18(16(15)19(23)24-4)21-17(22)14-8-25-9-20-14/h5-9H,1-4H3,(H,21,22). The van der Waals surface area contributed by atoms with E-state index in [4.69, 9.17) is 4.74 Å². The first-order chi connectivity index (χ1) is 12.4. The first-order valence-corrected chi connectivity index (χ1v) is 9.67. The highest BCUT2D eigenvalue weighted by Gasteiger charge is 2.25. The second kappa shape index (κ2) is 7.39. The van der Waals surface area contributed by atoms with Gasteiger partial charge in [0.15, 0.2) is 0 Å². The molecule has 134 valence electrons. The van der Waals surface area contributed by atoms with Crippen molar-refractivity contribution in [3.8, 4) is 11.1 Å². The van der Waals surface area contributed by atoms with Gasteiger partial charge in [-0.1, -0.05) is 18.2 Å². The summed E-state index contributed by atoms with van der Waals surface area (Å²) in [4.78, 5) is 29.8. The minimum absolute atomic E-state index is 0.324. The van der Waals surface area contributed by atoms with E-state index in [1.54, 1.807) is 10.9 Å². The number of thiazole rings is 1. The summed E-state index contributed by atoms with van der Waals surface area (Å²) in [7, 11) is 1.34. The molecular weight excluding hydrogens is 368 g/mol. The van der Waals surface area contributed by atoms with E-state index < -0.39 is 5.97 Å². The SMILES string of the molecule is COC(=O)c1c(NC(=O)c2cscn2)sc(C)c1-c1ccc(C)c(C)c1. The number of carbonyl (C=O) groups is 2. The van der Waals surface area contributed by atoms with Gasteiger partial charge in [-0.2, -0.15) is 0 Å². The summed E-state index contributed by atoms with van der Waals surface area (Å²) in [6.07, 6.45) is 0. The summed E-state index contributed by atoms with van der Waals surface area (Å²) in [5.74, 6) is -0.819. The van der Waals surface area contributed by atoms with Crippen molar-refractivity contribution in [2.45, 2.75) is 20.8 Å². The summed E-state index contributed by atoms with van der Waals surface area (Å²) >= 11 is 2.70. The Morgan fingerprint density at radius 3 is 2.54 bits per heavy atom. The summed E-state index contributed by atoms with van der Waals surface area (Å²) in [6.45, 7) is 6.00. The molecule has 0 aliphatic carbocycles.